The Bertz CT molecular complexity index is 1700. The number of guanidine groups is 1. The molecule has 4 rings (SSSR count). The van der Waals surface area contributed by atoms with Gasteiger partial charge >= 0.3 is 11.9 Å². The lowest BCUT2D eigenvalue weighted by atomic mass is 9.99. The van der Waals surface area contributed by atoms with Crippen molar-refractivity contribution >= 4 is 17.9 Å². The number of benzene rings is 3. The zero-order valence-electron chi connectivity index (χ0n) is 27.8. The number of ether oxygens (including phenoxy) is 6. The highest BCUT2D eigenvalue weighted by atomic mass is 16.7. The van der Waals surface area contributed by atoms with Crippen LogP contribution in [0.3, 0.4) is 0 Å². The van der Waals surface area contributed by atoms with Gasteiger partial charge in [0.2, 0.25) is 17.8 Å². The Balaban J connectivity index is 1.52. The van der Waals surface area contributed by atoms with Gasteiger partial charge in [-0.15, -0.1) is 0 Å². The third-order valence-electron chi connectivity index (χ3n) is 7.89. The number of esters is 1. The number of hydrogen-bond donors (Lipinski definition) is 8. The van der Waals surface area contributed by atoms with E-state index in [9.17, 15) is 40.2 Å². The van der Waals surface area contributed by atoms with E-state index in [-0.39, 0.29) is 48.3 Å². The van der Waals surface area contributed by atoms with Crippen LogP contribution < -0.4 is 30.4 Å². The number of methoxy groups -OCH3 is 2. The molecule has 0 saturated carbocycles. The molecule has 0 aliphatic carbocycles. The van der Waals surface area contributed by atoms with Crippen molar-refractivity contribution in [1.29, 1.82) is 0 Å². The minimum absolute atomic E-state index is 0.0261. The number of carbonyl (C=O) groups excluding carboxylic acids is 1. The highest BCUT2D eigenvalue weighted by Gasteiger charge is 2.46. The van der Waals surface area contributed by atoms with Crippen molar-refractivity contribution in [3.05, 3.63) is 70.8 Å². The molecule has 0 aromatic heterocycles. The molecule has 0 spiro atoms. The Labute approximate surface area is 292 Å². The summed E-state index contributed by atoms with van der Waals surface area (Å²) < 4.78 is 33.1. The molecule has 1 fully saturated rings. The van der Waals surface area contributed by atoms with Gasteiger partial charge in [0.1, 0.15) is 36.6 Å². The fourth-order valence-electron chi connectivity index (χ4n) is 5.21. The fourth-order valence-corrected chi connectivity index (χ4v) is 5.21. The van der Waals surface area contributed by atoms with Gasteiger partial charge in [0, 0.05) is 19.0 Å². The van der Waals surface area contributed by atoms with Gasteiger partial charge in [0.15, 0.2) is 29.0 Å². The number of aromatic carboxylic acids is 1. The smallest absolute Gasteiger partial charge is 0.342 e. The standard InChI is InChI=1S/C34H41N3O14/c1-46-21-15-20(24(38)30(26(21)40)48-12-10-17-7-4-3-5-8-17)32(45)49-16-23-25(39)27(41)28(42)33(50-23)51-29-18(9-6-11-37-34(35)36)13-19(31(43)44)14-22(29)47-2/h3-5,7-8,13-15,23,25,27-28,33,38-42H,6,9-12,16H2,1-2H3,(H,43,44)(H4,35,36,37)/t23-,25-,27+,28-,33+/m1/s1. The summed E-state index contributed by atoms with van der Waals surface area (Å²) >= 11 is 0. The van der Waals surface area contributed by atoms with Crippen molar-refractivity contribution in [3.63, 3.8) is 0 Å². The molecule has 10 N–H and O–H groups in total. The largest absolute Gasteiger partial charge is 0.504 e. The zero-order valence-corrected chi connectivity index (χ0v) is 27.8. The van der Waals surface area contributed by atoms with Gasteiger partial charge in [-0.1, -0.05) is 30.3 Å². The van der Waals surface area contributed by atoms with Gasteiger partial charge < -0.3 is 70.5 Å². The van der Waals surface area contributed by atoms with Crippen molar-refractivity contribution in [2.75, 3.05) is 34.0 Å². The Kier molecular flexibility index (Phi) is 13.1. The maximum Gasteiger partial charge on any atom is 0.342 e. The number of phenolic OH excluding ortho intramolecular Hbond substituents is 2. The normalized spacial score (nSPS) is 19.8. The van der Waals surface area contributed by atoms with Gasteiger partial charge in [0.25, 0.3) is 0 Å². The molecule has 1 aliphatic heterocycles. The Morgan fingerprint density at radius 3 is 2.24 bits per heavy atom. The summed E-state index contributed by atoms with van der Waals surface area (Å²) in [5.74, 6) is -4.50. The molecule has 0 amide bonds. The number of hydrogen-bond acceptors (Lipinski definition) is 14. The molecule has 0 bridgehead atoms. The first-order valence-electron chi connectivity index (χ1n) is 15.7. The van der Waals surface area contributed by atoms with Crippen LogP contribution in [0.2, 0.25) is 0 Å². The SMILES string of the molecule is COc1cc(C(=O)OC[C@H]2O[C@@H](Oc3c(CCCN=C(N)N)cc(C(=O)O)cc3OC)[C@H](O)[C@@H](O)[C@@H]2O)c(O)c(OCCc2ccccc2)c1O. The van der Waals surface area contributed by atoms with E-state index in [2.05, 4.69) is 4.99 Å². The van der Waals surface area contributed by atoms with Gasteiger partial charge in [0.05, 0.1) is 26.4 Å². The van der Waals surface area contributed by atoms with Crippen LogP contribution in [0.4, 0.5) is 0 Å². The quantitative estimate of drug-likeness (QED) is 0.0438. The predicted octanol–water partition coefficient (Wildman–Crippen LogP) is 0.684. The molecular formula is C34H41N3O14. The summed E-state index contributed by atoms with van der Waals surface area (Å²) in [4.78, 5) is 28.9. The van der Waals surface area contributed by atoms with Crippen LogP contribution in [0.5, 0.6) is 34.5 Å². The predicted molar refractivity (Wildman–Crippen MR) is 179 cm³/mol. The highest BCUT2D eigenvalue weighted by Crippen LogP contribution is 2.46. The van der Waals surface area contributed by atoms with E-state index in [1.54, 1.807) is 0 Å². The van der Waals surface area contributed by atoms with Crippen molar-refractivity contribution in [2.45, 2.75) is 50.0 Å². The van der Waals surface area contributed by atoms with Gasteiger partial charge in [-0.3, -0.25) is 4.99 Å². The van der Waals surface area contributed by atoms with E-state index in [4.69, 9.17) is 39.9 Å². The van der Waals surface area contributed by atoms with Crippen molar-refractivity contribution in [2.24, 2.45) is 16.5 Å². The summed E-state index contributed by atoms with van der Waals surface area (Å²) in [7, 11) is 2.50. The Morgan fingerprint density at radius 2 is 1.59 bits per heavy atom. The topological polar surface area (TPSA) is 275 Å². The first kappa shape index (κ1) is 38.3. The lowest BCUT2D eigenvalue weighted by Crippen LogP contribution is -2.60. The van der Waals surface area contributed by atoms with Crippen LogP contribution in [-0.2, 0) is 22.3 Å². The fraction of sp³-hybridized carbons (Fsp3) is 0.382. The Morgan fingerprint density at radius 1 is 0.882 bits per heavy atom. The summed E-state index contributed by atoms with van der Waals surface area (Å²) in [5, 5.41) is 63.2. The van der Waals surface area contributed by atoms with E-state index in [1.165, 1.54) is 26.4 Å². The third kappa shape index (κ3) is 9.40. The van der Waals surface area contributed by atoms with Gasteiger partial charge in [-0.05, 0) is 36.1 Å². The third-order valence-corrected chi connectivity index (χ3v) is 7.89. The van der Waals surface area contributed by atoms with Crippen LogP contribution >= 0.6 is 0 Å². The van der Waals surface area contributed by atoms with Crippen LogP contribution in [0.25, 0.3) is 0 Å². The molecule has 276 valence electrons. The van der Waals surface area contributed by atoms with Crippen LogP contribution in [0.15, 0.2) is 53.5 Å². The molecule has 1 aliphatic rings. The maximum absolute atomic E-state index is 13.2. The number of carbonyl (C=O) groups is 2. The molecule has 0 radical (unpaired) electrons. The van der Waals surface area contributed by atoms with E-state index >= 15 is 0 Å². The number of rotatable bonds is 16. The first-order chi connectivity index (χ1) is 24.4. The summed E-state index contributed by atoms with van der Waals surface area (Å²) in [6, 6.07) is 12.8. The molecule has 1 heterocycles. The number of nitrogens with two attached hydrogens (primary N) is 2. The number of aliphatic imine (C=N–C) groups is 1. The van der Waals surface area contributed by atoms with Crippen molar-refractivity contribution < 1.29 is 68.6 Å². The van der Waals surface area contributed by atoms with E-state index in [0.717, 1.165) is 11.6 Å². The molecule has 3 aromatic rings. The number of carboxylic acid groups (broad SMARTS) is 1. The van der Waals surface area contributed by atoms with Gasteiger partial charge in [-0.25, -0.2) is 9.59 Å². The summed E-state index contributed by atoms with van der Waals surface area (Å²) in [6.45, 7) is -0.485. The lowest BCUT2D eigenvalue weighted by Gasteiger charge is -2.40. The Hall–Kier alpha value is -5.49. The molecule has 1 saturated heterocycles. The van der Waals surface area contributed by atoms with Crippen LogP contribution in [-0.4, -0.2) is 113 Å². The first-order valence-corrected chi connectivity index (χ1v) is 15.7. The number of aliphatic hydroxyl groups excluding tert-OH is 3. The maximum atomic E-state index is 13.2. The summed E-state index contributed by atoms with van der Waals surface area (Å²) in [6.07, 6.45) is -7.66. The molecule has 51 heavy (non-hydrogen) atoms. The monoisotopic (exact) mass is 715 g/mol. The van der Waals surface area contributed by atoms with Crippen molar-refractivity contribution in [3.8, 4) is 34.5 Å². The second kappa shape index (κ2) is 17.4. The number of aliphatic hydroxyl groups is 3. The number of phenols is 2. The highest BCUT2D eigenvalue weighted by molar-refractivity contribution is 5.95. The lowest BCUT2D eigenvalue weighted by molar-refractivity contribution is -0.277. The minimum atomic E-state index is -1.85. The molecule has 17 heteroatoms. The molecule has 17 nitrogen and oxygen atoms in total. The van der Waals surface area contributed by atoms with Crippen molar-refractivity contribution in [1.82, 2.24) is 0 Å². The van der Waals surface area contributed by atoms with Gasteiger partial charge in [-0.2, -0.15) is 0 Å². The van der Waals surface area contributed by atoms with E-state index in [1.807, 2.05) is 30.3 Å². The van der Waals surface area contributed by atoms with Crippen LogP contribution in [0.1, 0.15) is 38.3 Å². The molecule has 0 unspecified atom stereocenters. The second-order valence-electron chi connectivity index (χ2n) is 11.3. The molecule has 3 aromatic carbocycles. The number of carboxylic acids is 1. The summed E-state index contributed by atoms with van der Waals surface area (Å²) in [5.41, 5.74) is 11.4. The average molecular weight is 716 g/mol. The molecular weight excluding hydrogens is 674 g/mol. The average Bonchev–Trinajstić information content (AvgIpc) is 3.11. The number of aromatic hydroxyl groups is 2. The minimum Gasteiger partial charge on any atom is -0.504 e. The zero-order chi connectivity index (χ0) is 37.2. The van der Waals surface area contributed by atoms with E-state index in [0.29, 0.717) is 18.4 Å². The van der Waals surface area contributed by atoms with Crippen LogP contribution in [0, 0.1) is 0 Å². The second-order valence-corrected chi connectivity index (χ2v) is 11.3. The van der Waals surface area contributed by atoms with E-state index < -0.39 is 72.1 Å². The number of nitrogens with zero attached hydrogens (tertiary/aromatic N) is 1. The number of aryl methyl sites for hydroxylation is 1. The molecule has 5 atom stereocenters.